The molecule has 1 atom stereocenters. The number of unbranched alkanes of at least 4 members (excludes halogenated alkanes) is 11. The van der Waals surface area contributed by atoms with Crippen molar-refractivity contribution in [1.82, 2.24) is 10.6 Å². The van der Waals surface area contributed by atoms with Crippen LogP contribution in [0.5, 0.6) is 0 Å². The van der Waals surface area contributed by atoms with Gasteiger partial charge in [0.05, 0.1) is 6.17 Å². The van der Waals surface area contributed by atoms with E-state index in [4.69, 9.17) is 0 Å². The van der Waals surface area contributed by atoms with Crippen molar-refractivity contribution < 1.29 is 0 Å². The fourth-order valence-corrected chi connectivity index (χ4v) is 5.64. The third-order valence-electron chi connectivity index (χ3n) is 7.46. The summed E-state index contributed by atoms with van der Waals surface area (Å²) in [5.41, 5.74) is 0. The summed E-state index contributed by atoms with van der Waals surface area (Å²) < 4.78 is 0. The Morgan fingerprint density at radius 2 is 1.00 bits per heavy atom. The number of rotatable bonds is 22. The van der Waals surface area contributed by atoms with Crippen LogP contribution in [0.25, 0.3) is 0 Å². The topological polar surface area (TPSA) is 24.1 Å². The highest BCUT2D eigenvalue weighted by Crippen LogP contribution is 2.37. The highest BCUT2D eigenvalue weighted by Gasteiger charge is 2.24. The van der Waals surface area contributed by atoms with Gasteiger partial charge in [-0.15, -0.1) is 0 Å². The minimum Gasteiger partial charge on any atom is -0.302 e. The zero-order valence-electron chi connectivity index (χ0n) is 21.3. The molecule has 0 spiro atoms. The minimum absolute atomic E-state index is 0.527. The lowest BCUT2D eigenvalue weighted by Crippen LogP contribution is -2.41. The Morgan fingerprint density at radius 1 is 0.567 bits per heavy atom. The van der Waals surface area contributed by atoms with Crippen molar-refractivity contribution in [3.63, 3.8) is 0 Å². The van der Waals surface area contributed by atoms with Crippen molar-refractivity contribution >= 4 is 0 Å². The fourth-order valence-electron chi connectivity index (χ4n) is 5.64. The van der Waals surface area contributed by atoms with Crippen LogP contribution in [0, 0.1) is 11.8 Å². The van der Waals surface area contributed by atoms with Crippen LogP contribution in [0.15, 0.2) is 0 Å². The van der Waals surface area contributed by atoms with Crippen LogP contribution >= 0.6 is 0 Å². The summed E-state index contributed by atoms with van der Waals surface area (Å²) in [6.45, 7) is 8.86. The second kappa shape index (κ2) is 20.8. The van der Waals surface area contributed by atoms with Crippen molar-refractivity contribution in [2.75, 3.05) is 13.1 Å². The van der Waals surface area contributed by atoms with Crippen molar-refractivity contribution in [3.8, 4) is 0 Å². The van der Waals surface area contributed by atoms with E-state index in [1.54, 1.807) is 12.8 Å². The van der Waals surface area contributed by atoms with Gasteiger partial charge in [0.15, 0.2) is 0 Å². The molecule has 1 fully saturated rings. The second-order valence-corrected chi connectivity index (χ2v) is 10.1. The molecule has 1 rings (SSSR count). The second-order valence-electron chi connectivity index (χ2n) is 10.1. The molecule has 30 heavy (non-hydrogen) atoms. The Kier molecular flexibility index (Phi) is 19.4. The minimum atomic E-state index is 0.527. The lowest BCUT2D eigenvalue weighted by molar-refractivity contribution is 0.280. The van der Waals surface area contributed by atoms with E-state index >= 15 is 0 Å². The summed E-state index contributed by atoms with van der Waals surface area (Å²) in [6.07, 6.45) is 29.9. The molecule has 1 aliphatic rings. The van der Waals surface area contributed by atoms with Crippen molar-refractivity contribution in [2.24, 2.45) is 11.8 Å². The van der Waals surface area contributed by atoms with Crippen molar-refractivity contribution in [3.05, 3.63) is 0 Å². The summed E-state index contributed by atoms with van der Waals surface area (Å²) in [5.74, 6) is 2.14. The summed E-state index contributed by atoms with van der Waals surface area (Å²) in [4.78, 5) is 0. The highest BCUT2D eigenvalue weighted by molar-refractivity contribution is 4.76. The zero-order valence-corrected chi connectivity index (χ0v) is 21.3. The summed E-state index contributed by atoms with van der Waals surface area (Å²) in [6, 6.07) is 0. The molecule has 0 aromatic heterocycles. The van der Waals surface area contributed by atoms with E-state index in [1.165, 1.54) is 116 Å². The van der Waals surface area contributed by atoms with E-state index in [-0.39, 0.29) is 0 Å². The van der Waals surface area contributed by atoms with Gasteiger partial charge in [-0.1, -0.05) is 143 Å². The van der Waals surface area contributed by atoms with Crippen LogP contribution in [0.4, 0.5) is 0 Å². The number of nitrogens with one attached hydrogen (secondary N) is 2. The molecule has 0 aromatic carbocycles. The highest BCUT2D eigenvalue weighted by atomic mass is 15.1. The number of hydrogen-bond donors (Lipinski definition) is 2. The lowest BCUT2D eigenvalue weighted by Gasteiger charge is -2.23. The molecule has 2 N–H and O–H groups in total. The van der Waals surface area contributed by atoms with E-state index in [1.807, 2.05) is 0 Å². The molecule has 0 heterocycles. The van der Waals surface area contributed by atoms with Gasteiger partial charge in [-0.2, -0.15) is 0 Å². The molecule has 1 aliphatic carbocycles. The van der Waals surface area contributed by atoms with Crippen molar-refractivity contribution in [1.29, 1.82) is 0 Å². The molecule has 0 saturated heterocycles. The van der Waals surface area contributed by atoms with Gasteiger partial charge in [0, 0.05) is 0 Å². The van der Waals surface area contributed by atoms with E-state index in [2.05, 4.69) is 31.4 Å². The average molecular weight is 423 g/mol. The third kappa shape index (κ3) is 14.8. The summed E-state index contributed by atoms with van der Waals surface area (Å²) >= 11 is 0. The van der Waals surface area contributed by atoms with Crippen LogP contribution < -0.4 is 10.6 Å². The van der Waals surface area contributed by atoms with Gasteiger partial charge in [-0.25, -0.2) is 0 Å². The summed E-state index contributed by atoms with van der Waals surface area (Å²) in [7, 11) is 0. The first-order valence-electron chi connectivity index (χ1n) is 14.3. The summed E-state index contributed by atoms with van der Waals surface area (Å²) in [5, 5.41) is 7.11. The van der Waals surface area contributed by atoms with Gasteiger partial charge in [-0.3, -0.25) is 0 Å². The van der Waals surface area contributed by atoms with Gasteiger partial charge in [-0.05, 0) is 31.3 Å². The van der Waals surface area contributed by atoms with Gasteiger partial charge in [0.2, 0.25) is 0 Å². The maximum Gasteiger partial charge on any atom is 0.0571 e. The van der Waals surface area contributed by atoms with Crippen LogP contribution in [0.2, 0.25) is 0 Å². The lowest BCUT2D eigenvalue weighted by atomic mass is 9.82. The van der Waals surface area contributed by atoms with Crippen LogP contribution in [-0.4, -0.2) is 19.3 Å². The van der Waals surface area contributed by atoms with Gasteiger partial charge < -0.3 is 10.6 Å². The van der Waals surface area contributed by atoms with E-state index in [0.717, 1.165) is 24.9 Å². The molecular formula is C28H58N2. The van der Waals surface area contributed by atoms with Crippen LogP contribution in [-0.2, 0) is 0 Å². The molecule has 0 aromatic rings. The Labute approximate surface area is 191 Å². The molecule has 0 bridgehead atoms. The molecule has 2 heteroatoms. The third-order valence-corrected chi connectivity index (χ3v) is 7.46. The van der Waals surface area contributed by atoms with Crippen molar-refractivity contribution in [2.45, 2.75) is 155 Å². The van der Waals surface area contributed by atoms with E-state index < -0.39 is 0 Å². The average Bonchev–Trinajstić information content (AvgIpc) is 3.28. The Hall–Kier alpha value is -0.0800. The largest absolute Gasteiger partial charge is 0.302 e. The predicted molar refractivity (Wildman–Crippen MR) is 136 cm³/mol. The molecule has 1 saturated carbocycles. The standard InChI is InChI=1S/C28H58N2/c1-4-7-8-9-10-13-16-21-26(27-23-19-20-24-27)22-17-14-11-12-15-18-25-28(29-5-2)30-6-3/h26-30H,4-25H2,1-3H3. The molecule has 180 valence electrons. The Bertz CT molecular complexity index is 332. The predicted octanol–water partition coefficient (Wildman–Crippen LogP) is 8.60. The molecule has 0 amide bonds. The van der Waals surface area contributed by atoms with Gasteiger partial charge in [0.1, 0.15) is 0 Å². The van der Waals surface area contributed by atoms with Crippen LogP contribution in [0.1, 0.15) is 149 Å². The monoisotopic (exact) mass is 422 g/mol. The molecular weight excluding hydrogens is 364 g/mol. The fraction of sp³-hybridized carbons (Fsp3) is 1.00. The molecule has 0 aliphatic heterocycles. The van der Waals surface area contributed by atoms with E-state index in [0.29, 0.717) is 6.17 Å². The first-order chi connectivity index (χ1) is 14.8. The number of hydrogen-bond acceptors (Lipinski definition) is 2. The maximum atomic E-state index is 3.56. The quantitative estimate of drug-likeness (QED) is 0.135. The SMILES string of the molecule is CCCCCCCCCC(CCCCCCCCC(NCC)NCC)C1CCCC1. The molecule has 1 unspecified atom stereocenters. The Morgan fingerprint density at radius 3 is 1.47 bits per heavy atom. The maximum absolute atomic E-state index is 3.56. The smallest absolute Gasteiger partial charge is 0.0571 e. The Balaban J connectivity index is 2.06. The first-order valence-corrected chi connectivity index (χ1v) is 14.3. The van der Waals surface area contributed by atoms with E-state index in [9.17, 15) is 0 Å². The van der Waals surface area contributed by atoms with Gasteiger partial charge >= 0.3 is 0 Å². The normalized spacial score (nSPS) is 16.0. The first kappa shape index (κ1) is 28.0. The molecule has 2 nitrogen and oxygen atoms in total. The van der Waals surface area contributed by atoms with Gasteiger partial charge in [0.25, 0.3) is 0 Å². The van der Waals surface area contributed by atoms with Crippen LogP contribution in [0.3, 0.4) is 0 Å². The zero-order chi connectivity index (χ0) is 21.7. The molecule has 0 radical (unpaired) electrons.